The lowest BCUT2D eigenvalue weighted by atomic mass is 9.83. The number of aliphatic imine (C=N–C) groups is 1. The minimum atomic E-state index is 0.333. The van der Waals surface area contributed by atoms with E-state index in [1.807, 2.05) is 7.05 Å². The van der Waals surface area contributed by atoms with Crippen molar-refractivity contribution in [1.29, 1.82) is 0 Å². The molecule has 0 radical (unpaired) electrons. The van der Waals surface area contributed by atoms with Gasteiger partial charge in [0.1, 0.15) is 0 Å². The Morgan fingerprint density at radius 1 is 1.07 bits per heavy atom. The van der Waals surface area contributed by atoms with E-state index in [2.05, 4.69) is 39.0 Å². The number of carbonyl (C=O) groups is 1. The number of hydrogen-bond acceptors (Lipinski definition) is 3. The van der Waals surface area contributed by atoms with Gasteiger partial charge in [0.15, 0.2) is 5.96 Å². The minimum absolute atomic E-state index is 0.333. The molecule has 3 rings (SSSR count). The normalized spacial score (nSPS) is 27.4. The second-order valence-corrected chi connectivity index (χ2v) is 9.28. The van der Waals surface area contributed by atoms with Gasteiger partial charge in [-0.05, 0) is 37.5 Å². The first-order valence-corrected chi connectivity index (χ1v) is 11.5. The van der Waals surface area contributed by atoms with Crippen LogP contribution in [0, 0.1) is 17.8 Å². The van der Waals surface area contributed by atoms with E-state index in [0.29, 0.717) is 11.8 Å². The van der Waals surface area contributed by atoms with Crippen LogP contribution in [0.4, 0.5) is 0 Å². The highest BCUT2D eigenvalue weighted by molar-refractivity contribution is 5.80. The number of guanidine groups is 1. The van der Waals surface area contributed by atoms with Crippen molar-refractivity contribution in [3.05, 3.63) is 0 Å². The summed E-state index contributed by atoms with van der Waals surface area (Å²) in [5, 5.41) is 3.54. The first-order valence-electron chi connectivity index (χ1n) is 11.5. The number of amides is 1. The van der Waals surface area contributed by atoms with Gasteiger partial charge in [-0.1, -0.05) is 26.2 Å². The third kappa shape index (κ3) is 5.85. The number of piperazine rings is 1. The topological polar surface area (TPSA) is 51.2 Å². The molecular weight excluding hydrogens is 350 g/mol. The molecule has 1 aliphatic heterocycles. The molecule has 6 nitrogen and oxygen atoms in total. The second-order valence-electron chi connectivity index (χ2n) is 9.28. The number of carbonyl (C=O) groups excluding carboxylic acids is 1. The summed E-state index contributed by atoms with van der Waals surface area (Å²) in [4.78, 5) is 23.7. The van der Waals surface area contributed by atoms with Crippen molar-refractivity contribution in [3.8, 4) is 0 Å². The summed E-state index contributed by atoms with van der Waals surface area (Å²) in [6.45, 7) is 9.18. The van der Waals surface area contributed by atoms with Crippen LogP contribution < -0.4 is 5.32 Å². The molecule has 2 saturated carbocycles. The fourth-order valence-electron chi connectivity index (χ4n) is 4.80. The van der Waals surface area contributed by atoms with Gasteiger partial charge in [-0.2, -0.15) is 0 Å². The summed E-state index contributed by atoms with van der Waals surface area (Å²) in [6.07, 6.45) is 8.90. The van der Waals surface area contributed by atoms with E-state index < -0.39 is 0 Å². The molecule has 3 fully saturated rings. The van der Waals surface area contributed by atoms with Gasteiger partial charge in [0.25, 0.3) is 0 Å². The molecule has 1 amide bonds. The molecule has 1 heterocycles. The number of hydrogen-bond donors (Lipinski definition) is 1. The van der Waals surface area contributed by atoms with Crippen molar-refractivity contribution < 1.29 is 4.79 Å². The monoisotopic (exact) mass is 391 g/mol. The number of rotatable bonds is 6. The van der Waals surface area contributed by atoms with Crippen molar-refractivity contribution in [2.75, 3.05) is 59.9 Å². The Labute approximate surface area is 171 Å². The Hall–Kier alpha value is -1.30. The van der Waals surface area contributed by atoms with Gasteiger partial charge in [-0.3, -0.25) is 14.7 Å². The summed E-state index contributed by atoms with van der Waals surface area (Å²) >= 11 is 0. The fourth-order valence-corrected chi connectivity index (χ4v) is 4.80. The summed E-state index contributed by atoms with van der Waals surface area (Å²) in [7, 11) is 4.05. The smallest absolute Gasteiger partial charge is 0.225 e. The molecule has 0 atom stereocenters. The first-order chi connectivity index (χ1) is 13.6. The highest BCUT2D eigenvalue weighted by Crippen LogP contribution is 2.29. The molecule has 0 spiro atoms. The Balaban J connectivity index is 1.31. The van der Waals surface area contributed by atoms with Crippen molar-refractivity contribution in [2.45, 2.75) is 51.9 Å². The van der Waals surface area contributed by atoms with Gasteiger partial charge in [0.05, 0.1) is 0 Å². The van der Waals surface area contributed by atoms with Crippen LogP contribution in [0.25, 0.3) is 0 Å². The molecule has 1 N–H and O–H groups in total. The van der Waals surface area contributed by atoms with Crippen molar-refractivity contribution in [3.63, 3.8) is 0 Å². The van der Waals surface area contributed by atoms with Crippen LogP contribution in [-0.2, 0) is 4.79 Å². The molecule has 2 aliphatic carbocycles. The zero-order valence-corrected chi connectivity index (χ0v) is 18.3. The standard InChI is InChI=1S/C22H41N5O/c1-18-7-9-19(10-8-18)17-25(3)22(23-2)24-11-12-26-13-15-27(16-14-26)21(28)20-5-4-6-20/h18-20H,4-17H2,1-3H3,(H,23,24). The first kappa shape index (κ1) is 21.4. The average molecular weight is 392 g/mol. The van der Waals surface area contributed by atoms with Gasteiger partial charge in [-0.15, -0.1) is 0 Å². The molecule has 1 saturated heterocycles. The predicted octanol–water partition coefficient (Wildman–Crippen LogP) is 2.26. The lowest BCUT2D eigenvalue weighted by Gasteiger charge is -2.38. The predicted molar refractivity (Wildman–Crippen MR) is 115 cm³/mol. The third-order valence-electron chi connectivity index (χ3n) is 7.09. The maximum absolute atomic E-state index is 12.4. The summed E-state index contributed by atoms with van der Waals surface area (Å²) < 4.78 is 0. The van der Waals surface area contributed by atoms with Crippen molar-refractivity contribution >= 4 is 11.9 Å². The van der Waals surface area contributed by atoms with Gasteiger partial charge >= 0.3 is 0 Å². The maximum Gasteiger partial charge on any atom is 0.225 e. The zero-order chi connectivity index (χ0) is 19.9. The molecule has 160 valence electrons. The number of nitrogens with zero attached hydrogens (tertiary/aromatic N) is 4. The van der Waals surface area contributed by atoms with E-state index in [-0.39, 0.29) is 0 Å². The highest BCUT2D eigenvalue weighted by Gasteiger charge is 2.31. The van der Waals surface area contributed by atoms with Crippen LogP contribution in [0.15, 0.2) is 4.99 Å². The third-order valence-corrected chi connectivity index (χ3v) is 7.09. The van der Waals surface area contributed by atoms with Crippen LogP contribution in [-0.4, -0.2) is 86.5 Å². The van der Waals surface area contributed by atoms with Crippen molar-refractivity contribution in [1.82, 2.24) is 20.0 Å². The van der Waals surface area contributed by atoms with Gasteiger partial charge in [0, 0.05) is 65.8 Å². The molecule has 0 aromatic rings. The molecule has 3 aliphatic rings. The van der Waals surface area contributed by atoms with Crippen molar-refractivity contribution in [2.24, 2.45) is 22.7 Å². The van der Waals surface area contributed by atoms with E-state index in [4.69, 9.17) is 0 Å². The van der Waals surface area contributed by atoms with Crippen LogP contribution in [0.2, 0.25) is 0 Å². The minimum Gasteiger partial charge on any atom is -0.355 e. The Kier molecular flexibility index (Phi) is 8.00. The summed E-state index contributed by atoms with van der Waals surface area (Å²) in [5.41, 5.74) is 0. The molecule has 0 aromatic carbocycles. The van der Waals surface area contributed by atoms with E-state index in [1.54, 1.807) is 0 Å². The highest BCUT2D eigenvalue weighted by atomic mass is 16.2. The van der Waals surface area contributed by atoms with E-state index in [0.717, 1.165) is 76.5 Å². The lowest BCUT2D eigenvalue weighted by Crippen LogP contribution is -2.52. The molecule has 0 bridgehead atoms. The molecule has 28 heavy (non-hydrogen) atoms. The second kappa shape index (κ2) is 10.5. The van der Waals surface area contributed by atoms with Crippen LogP contribution in [0.1, 0.15) is 51.9 Å². The van der Waals surface area contributed by atoms with E-state index in [9.17, 15) is 4.79 Å². The molecule has 0 aromatic heterocycles. The van der Waals surface area contributed by atoms with Crippen LogP contribution >= 0.6 is 0 Å². The maximum atomic E-state index is 12.4. The lowest BCUT2D eigenvalue weighted by molar-refractivity contribution is -0.139. The molecule has 0 unspecified atom stereocenters. The number of nitrogens with one attached hydrogen (secondary N) is 1. The summed E-state index contributed by atoms with van der Waals surface area (Å²) in [6, 6.07) is 0. The van der Waals surface area contributed by atoms with Gasteiger partial charge in [0.2, 0.25) is 5.91 Å². The largest absolute Gasteiger partial charge is 0.355 e. The summed E-state index contributed by atoms with van der Waals surface area (Å²) in [5.74, 6) is 3.46. The molecule has 6 heteroatoms. The fraction of sp³-hybridized carbons (Fsp3) is 0.909. The van der Waals surface area contributed by atoms with E-state index >= 15 is 0 Å². The van der Waals surface area contributed by atoms with Crippen LogP contribution in [0.5, 0.6) is 0 Å². The van der Waals surface area contributed by atoms with Gasteiger partial charge < -0.3 is 15.1 Å². The molecular formula is C22H41N5O. The van der Waals surface area contributed by atoms with Crippen LogP contribution in [0.3, 0.4) is 0 Å². The zero-order valence-electron chi connectivity index (χ0n) is 18.3. The Bertz CT molecular complexity index is 517. The SMILES string of the molecule is CN=C(NCCN1CCN(C(=O)C2CCC2)CC1)N(C)CC1CCC(C)CC1. The van der Waals surface area contributed by atoms with Gasteiger partial charge in [-0.25, -0.2) is 0 Å². The van der Waals surface area contributed by atoms with E-state index in [1.165, 1.54) is 32.1 Å². The quantitative estimate of drug-likeness (QED) is 0.557. The Morgan fingerprint density at radius 2 is 1.75 bits per heavy atom. The average Bonchev–Trinajstić information content (AvgIpc) is 2.66. The Morgan fingerprint density at radius 3 is 2.32 bits per heavy atom.